The number of aromatic nitrogens is 11. The fourth-order valence-corrected chi connectivity index (χ4v) is 11.7. The first-order valence-corrected chi connectivity index (χ1v) is 23.6. The van der Waals surface area contributed by atoms with Crippen LogP contribution in [0.3, 0.4) is 0 Å². The van der Waals surface area contributed by atoms with Gasteiger partial charge in [0.15, 0.2) is 11.6 Å². The summed E-state index contributed by atoms with van der Waals surface area (Å²) in [4.78, 5) is 30.0. The van der Waals surface area contributed by atoms with E-state index in [0.717, 1.165) is 138 Å². The van der Waals surface area contributed by atoms with Gasteiger partial charge >= 0.3 is 0 Å². The topological polar surface area (TPSA) is 102 Å². The zero-order chi connectivity index (χ0) is 46.3. The summed E-state index contributed by atoms with van der Waals surface area (Å²) in [6.07, 6.45) is 19.4. The number of benzene rings is 5. The fourth-order valence-electron chi connectivity index (χ4n) is 11.7. The summed E-state index contributed by atoms with van der Waals surface area (Å²) in [7, 11) is 0. The van der Waals surface area contributed by atoms with Gasteiger partial charge in [-0.15, -0.1) is 0 Å². The van der Waals surface area contributed by atoms with E-state index in [1.54, 1.807) is 0 Å². The second kappa shape index (κ2) is 14.3. The van der Waals surface area contributed by atoms with Gasteiger partial charge in [-0.3, -0.25) is 34.1 Å². The number of pyridine rings is 6. The third-order valence-corrected chi connectivity index (χ3v) is 14.5. The predicted octanol–water partition coefficient (Wildman–Crippen LogP) is 13.5. The van der Waals surface area contributed by atoms with Crippen molar-refractivity contribution in [2.75, 3.05) is 0 Å². The van der Waals surface area contributed by atoms with Crippen LogP contribution in [0.5, 0.6) is 0 Å². The molecule has 0 bridgehead atoms. The van der Waals surface area contributed by atoms with E-state index in [4.69, 9.17) is 29.9 Å². The lowest BCUT2D eigenvalue weighted by molar-refractivity contribution is 0.934. The lowest BCUT2D eigenvalue weighted by Crippen LogP contribution is -2.18. The first-order valence-electron chi connectivity index (χ1n) is 23.6. The molecule has 16 rings (SSSR count). The molecule has 11 heterocycles. The third-order valence-electron chi connectivity index (χ3n) is 14.5. The average Bonchev–Trinajstić information content (AvgIpc) is 4.23. The van der Waals surface area contributed by atoms with E-state index in [-0.39, 0.29) is 0 Å². The van der Waals surface area contributed by atoms with Crippen LogP contribution in [0.1, 0.15) is 0 Å². The van der Waals surface area contributed by atoms with E-state index in [1.807, 2.05) is 62.0 Å². The van der Waals surface area contributed by atoms with Gasteiger partial charge in [0.1, 0.15) is 17.1 Å². The molecule has 16 aromatic rings. The van der Waals surface area contributed by atoms with Crippen molar-refractivity contribution in [2.24, 2.45) is 0 Å². The van der Waals surface area contributed by atoms with Crippen molar-refractivity contribution in [3.8, 4) is 28.7 Å². The molecule has 71 heavy (non-hydrogen) atoms. The Balaban J connectivity index is 1.28. The maximum absolute atomic E-state index is 6.31. The molecule has 0 aliphatic carbocycles. The Kier molecular flexibility index (Phi) is 7.64. The molecule has 0 atom stereocenters. The zero-order valence-corrected chi connectivity index (χ0v) is 37.6. The summed E-state index contributed by atoms with van der Waals surface area (Å²) in [5.41, 5.74) is 12.6. The molecule has 330 valence electrons. The van der Waals surface area contributed by atoms with Gasteiger partial charge in [-0.25, -0.2) is 4.98 Å². The van der Waals surface area contributed by atoms with Crippen molar-refractivity contribution in [3.63, 3.8) is 0 Å². The zero-order valence-electron chi connectivity index (χ0n) is 37.6. The Bertz CT molecular complexity index is 4400. The van der Waals surface area contributed by atoms with Crippen molar-refractivity contribution in [1.29, 1.82) is 0 Å². The molecule has 0 fully saturated rings. The normalized spacial score (nSPS) is 12.2. The van der Waals surface area contributed by atoms with E-state index in [1.165, 1.54) is 0 Å². The van der Waals surface area contributed by atoms with Gasteiger partial charge in [-0.1, -0.05) is 91.0 Å². The number of fused-ring (bicyclic) bond motifs is 15. The molecule has 0 saturated heterocycles. The van der Waals surface area contributed by atoms with Crippen LogP contribution >= 0.6 is 0 Å². The summed E-state index contributed by atoms with van der Waals surface area (Å²) in [6.45, 7) is 0. The van der Waals surface area contributed by atoms with E-state index >= 15 is 0 Å². The second-order valence-electron chi connectivity index (χ2n) is 18.0. The molecule has 11 nitrogen and oxygen atoms in total. The molecule has 0 aliphatic rings. The number of para-hydroxylation sites is 5. The Morgan fingerprint density at radius 3 is 0.732 bits per heavy atom. The Hall–Kier alpha value is -10.0. The molecule has 11 aromatic heterocycles. The summed E-state index contributed by atoms with van der Waals surface area (Å²) < 4.78 is 12.0. The maximum atomic E-state index is 6.31. The van der Waals surface area contributed by atoms with Gasteiger partial charge < -0.3 is 13.7 Å². The first kappa shape index (κ1) is 38.0. The lowest BCUT2D eigenvalue weighted by Gasteiger charge is -2.27. The number of rotatable bonds is 5. The fraction of sp³-hybridized carbons (Fsp3) is 0. The second-order valence-corrected chi connectivity index (χ2v) is 18.0. The standard InChI is InChI=1S/C60H35N11/c1-6-16-46-36(11-1)41-31-61-26-21-51(41)67(46)56-57(68-47-17-7-2-12-37(47)42-32-62-27-22-52(42)68)59(70-49-19-9-4-14-39(49)44-34-64-29-24-54(44)70)66-60(71-50-20-10-5-15-40(50)45-35-65-30-25-55(45)71)58(56)69-48-18-8-3-13-38(48)43-33-63-28-23-53(43)69/h1-35H. The molecule has 0 spiro atoms. The van der Waals surface area contributed by atoms with Crippen molar-refractivity contribution < 1.29 is 0 Å². The molecule has 0 amide bonds. The van der Waals surface area contributed by atoms with Crippen LogP contribution in [-0.4, -0.2) is 52.7 Å². The molecule has 5 aromatic carbocycles. The van der Waals surface area contributed by atoms with Gasteiger partial charge in [0.05, 0.1) is 55.2 Å². The van der Waals surface area contributed by atoms with E-state index < -0.39 is 0 Å². The van der Waals surface area contributed by atoms with Crippen molar-refractivity contribution in [1.82, 2.24) is 52.7 Å². The molecule has 0 aliphatic heterocycles. The van der Waals surface area contributed by atoms with E-state index in [9.17, 15) is 0 Å². The highest BCUT2D eigenvalue weighted by Crippen LogP contribution is 2.48. The van der Waals surface area contributed by atoms with Gasteiger partial charge in [0.25, 0.3) is 0 Å². The number of nitrogens with zero attached hydrogens (tertiary/aromatic N) is 11. The maximum Gasteiger partial charge on any atom is 0.166 e. The minimum atomic E-state index is 0.720. The largest absolute Gasteiger partial charge is 0.305 e. The third kappa shape index (κ3) is 5.05. The summed E-state index contributed by atoms with van der Waals surface area (Å²) in [6, 6.07) is 53.8. The van der Waals surface area contributed by atoms with E-state index in [2.05, 4.69) is 174 Å². The van der Waals surface area contributed by atoms with Crippen molar-refractivity contribution >= 4 is 109 Å². The number of hydrogen-bond donors (Lipinski definition) is 0. The summed E-state index contributed by atoms with van der Waals surface area (Å²) in [5.74, 6) is 1.44. The smallest absolute Gasteiger partial charge is 0.166 e. The van der Waals surface area contributed by atoms with Gasteiger partial charge in [-0.2, -0.15) is 0 Å². The highest BCUT2D eigenvalue weighted by atomic mass is 15.2. The molecule has 0 N–H and O–H groups in total. The SMILES string of the molecule is c1ccc2c(c1)c1cnccc1n2-c1nc(-n2c3ccccc3c3cnccc32)c(-n2c3ccccc3c3cnccc32)c(-n2c3ccccc3c3cnccc32)c1-n1c2ccccc2c2cnccc21. The van der Waals surface area contributed by atoms with Crippen LogP contribution in [0.4, 0.5) is 0 Å². The highest BCUT2D eigenvalue weighted by molar-refractivity contribution is 6.16. The highest BCUT2D eigenvalue weighted by Gasteiger charge is 2.34. The van der Waals surface area contributed by atoms with Gasteiger partial charge in [0, 0.05) is 116 Å². The quantitative estimate of drug-likeness (QED) is 0.170. The molecule has 0 radical (unpaired) electrons. The van der Waals surface area contributed by atoms with Crippen LogP contribution < -0.4 is 0 Å². The lowest BCUT2D eigenvalue weighted by atomic mass is 10.1. The van der Waals surface area contributed by atoms with Gasteiger partial charge in [0.2, 0.25) is 0 Å². The molecule has 0 saturated carbocycles. The Morgan fingerprint density at radius 1 is 0.211 bits per heavy atom. The average molecular weight is 910 g/mol. The Labute approximate surface area is 402 Å². The van der Waals surface area contributed by atoms with Crippen LogP contribution in [0.25, 0.3) is 138 Å². The number of hydrogen-bond acceptors (Lipinski definition) is 6. The molecule has 11 heteroatoms. The minimum absolute atomic E-state index is 0.720. The van der Waals surface area contributed by atoms with Crippen LogP contribution in [-0.2, 0) is 0 Å². The van der Waals surface area contributed by atoms with E-state index in [0.29, 0.717) is 0 Å². The molecular weight excluding hydrogens is 875 g/mol. The van der Waals surface area contributed by atoms with Gasteiger partial charge in [-0.05, 0) is 60.7 Å². The molecular formula is C60H35N11. The van der Waals surface area contributed by atoms with Crippen LogP contribution in [0.2, 0.25) is 0 Å². The Morgan fingerprint density at radius 2 is 0.437 bits per heavy atom. The van der Waals surface area contributed by atoms with Crippen LogP contribution in [0, 0.1) is 0 Å². The van der Waals surface area contributed by atoms with Crippen LogP contribution in [0.15, 0.2) is 214 Å². The monoisotopic (exact) mass is 909 g/mol. The van der Waals surface area contributed by atoms with Crippen molar-refractivity contribution in [2.45, 2.75) is 0 Å². The minimum Gasteiger partial charge on any atom is -0.305 e. The summed E-state index contributed by atoms with van der Waals surface area (Å²) >= 11 is 0. The predicted molar refractivity (Wildman–Crippen MR) is 285 cm³/mol. The van der Waals surface area contributed by atoms with Crippen molar-refractivity contribution in [3.05, 3.63) is 214 Å². The molecule has 0 unspecified atom stereocenters. The first-order chi connectivity index (χ1) is 35.3. The summed E-state index contributed by atoms with van der Waals surface area (Å²) in [5, 5.41) is 10.5.